The fraction of sp³-hybridized carbons (Fsp3) is 0.360. The van der Waals surface area contributed by atoms with Crippen LogP contribution in [0.4, 0.5) is 10.3 Å². The lowest BCUT2D eigenvalue weighted by molar-refractivity contribution is 0.329. The Hall–Kier alpha value is -3.42. The molecule has 13 heteroatoms. The molecule has 0 bridgehead atoms. The first-order chi connectivity index (χ1) is 18.3. The van der Waals surface area contributed by atoms with Crippen LogP contribution in [0.1, 0.15) is 46.9 Å². The predicted molar refractivity (Wildman–Crippen MR) is 140 cm³/mol. The molecule has 5 heterocycles. The normalized spacial score (nSPS) is 21.9. The molecule has 2 unspecified atom stereocenters. The molecule has 1 N–H and O–H groups in total. The number of benzene rings is 1. The molecule has 0 saturated carbocycles. The van der Waals surface area contributed by atoms with Gasteiger partial charge in [0.1, 0.15) is 24.2 Å². The van der Waals surface area contributed by atoms with Gasteiger partial charge < -0.3 is 10.1 Å². The molecule has 2 aromatic heterocycles. The van der Waals surface area contributed by atoms with Crippen LogP contribution in [0.5, 0.6) is 0 Å². The zero-order valence-electron chi connectivity index (χ0n) is 20.8. The number of sulfonamides is 1. The van der Waals surface area contributed by atoms with Crippen molar-refractivity contribution in [2.75, 3.05) is 18.4 Å². The average molecular weight is 556 g/mol. The third kappa shape index (κ3) is 4.54. The van der Waals surface area contributed by atoms with Crippen LogP contribution in [-0.4, -0.2) is 57.7 Å². The van der Waals surface area contributed by atoms with Gasteiger partial charge in [0.2, 0.25) is 5.95 Å². The number of fused-ring (bicyclic) bond motifs is 1. The number of hydrogen-bond acceptors (Lipinski definition) is 10. The largest absolute Gasteiger partial charge is 0.432 e. The van der Waals surface area contributed by atoms with E-state index in [1.165, 1.54) is 27.8 Å². The zero-order chi connectivity index (χ0) is 26.4. The van der Waals surface area contributed by atoms with E-state index in [9.17, 15) is 12.8 Å². The topological polar surface area (TPSA) is 113 Å². The van der Waals surface area contributed by atoms with Crippen LogP contribution < -0.4 is 5.32 Å². The summed E-state index contributed by atoms with van der Waals surface area (Å²) in [4.78, 5) is 20.1. The number of aryl methyl sites for hydroxylation is 2. The van der Waals surface area contributed by atoms with E-state index in [4.69, 9.17) is 14.7 Å². The van der Waals surface area contributed by atoms with E-state index in [0.29, 0.717) is 47.8 Å². The van der Waals surface area contributed by atoms with Gasteiger partial charge in [-0.2, -0.15) is 4.31 Å². The second kappa shape index (κ2) is 9.71. The summed E-state index contributed by atoms with van der Waals surface area (Å²) in [6.45, 7) is 4.35. The van der Waals surface area contributed by atoms with E-state index >= 15 is 0 Å². The van der Waals surface area contributed by atoms with Gasteiger partial charge in [0.15, 0.2) is 4.21 Å². The fourth-order valence-electron chi connectivity index (χ4n) is 5.05. The van der Waals surface area contributed by atoms with Crippen LogP contribution >= 0.6 is 11.3 Å². The Kier molecular flexibility index (Phi) is 6.36. The number of amidine groups is 1. The molecule has 3 aromatic rings. The summed E-state index contributed by atoms with van der Waals surface area (Å²) >= 11 is 1.22. The van der Waals surface area contributed by atoms with Gasteiger partial charge in [-0.15, -0.1) is 11.3 Å². The molecule has 0 radical (unpaired) electrons. The Morgan fingerprint density at radius 3 is 2.58 bits per heavy atom. The number of piperidine rings is 1. The van der Waals surface area contributed by atoms with Crippen molar-refractivity contribution in [3.05, 3.63) is 76.8 Å². The SMILES string of the molecule is Cc1nc(C)c(S(=O)(=O)N2CCC(Nc3nccc(C4C(c5ccc(F)cc5)N=C5OC=CN54)n3)CC2)s1. The standard InChI is InChI=1S/C25H26FN7O3S2/c1-15-23(37-16(2)28-15)38(34,35)32-11-8-19(9-12-32)29-24-27-10-7-20(30-24)22-21(17-3-5-18(26)6-4-17)31-25-33(22)13-14-36-25/h3-7,10,13-14,19,21-22H,8-9,11-12H2,1-2H3,(H,27,29,30). The molecule has 6 rings (SSSR count). The van der Waals surface area contributed by atoms with Gasteiger partial charge in [0, 0.05) is 31.5 Å². The lowest BCUT2D eigenvalue weighted by Crippen LogP contribution is -2.42. The summed E-state index contributed by atoms with van der Waals surface area (Å²) in [5, 5.41) is 4.13. The number of aromatic nitrogens is 3. The number of nitrogens with one attached hydrogen (secondary N) is 1. The maximum Gasteiger partial charge on any atom is 0.298 e. The maximum absolute atomic E-state index is 13.5. The molecule has 3 aliphatic heterocycles. The summed E-state index contributed by atoms with van der Waals surface area (Å²) in [5.41, 5.74) is 2.14. The highest BCUT2D eigenvalue weighted by molar-refractivity contribution is 7.91. The van der Waals surface area contributed by atoms with E-state index in [2.05, 4.69) is 15.3 Å². The van der Waals surface area contributed by atoms with Crippen molar-refractivity contribution in [2.24, 2.45) is 4.99 Å². The first-order valence-corrected chi connectivity index (χ1v) is 14.5. The number of thiazole rings is 1. The van der Waals surface area contributed by atoms with Gasteiger partial charge in [0.25, 0.3) is 16.0 Å². The number of halogens is 1. The summed E-state index contributed by atoms with van der Waals surface area (Å²) in [6, 6.07) is 8.01. The highest BCUT2D eigenvalue weighted by Gasteiger charge is 2.41. The summed E-state index contributed by atoms with van der Waals surface area (Å²) in [5.74, 6) is 0.158. The minimum absolute atomic E-state index is 0.0271. The van der Waals surface area contributed by atoms with Gasteiger partial charge >= 0.3 is 0 Å². The molecule has 0 aliphatic carbocycles. The predicted octanol–water partition coefficient (Wildman–Crippen LogP) is 3.91. The van der Waals surface area contributed by atoms with Crippen LogP contribution in [0.15, 0.2) is 58.2 Å². The van der Waals surface area contributed by atoms with Gasteiger partial charge in [-0.1, -0.05) is 12.1 Å². The highest BCUT2D eigenvalue weighted by atomic mass is 32.2. The maximum atomic E-state index is 13.5. The number of hydrogen-bond donors (Lipinski definition) is 1. The fourth-order valence-corrected chi connectivity index (χ4v) is 8.14. The van der Waals surface area contributed by atoms with Crippen LogP contribution in [-0.2, 0) is 14.8 Å². The van der Waals surface area contributed by atoms with Crippen molar-refractivity contribution >= 4 is 33.3 Å². The number of nitrogens with zero attached hydrogens (tertiary/aromatic N) is 6. The lowest BCUT2D eigenvalue weighted by atomic mass is 9.97. The Labute approximate surface area is 224 Å². The Morgan fingerprint density at radius 2 is 1.87 bits per heavy atom. The molecule has 0 spiro atoms. The minimum atomic E-state index is -3.56. The highest BCUT2D eigenvalue weighted by Crippen LogP contribution is 2.43. The number of anilines is 1. The van der Waals surface area contributed by atoms with Gasteiger partial charge in [-0.05, 0) is 50.5 Å². The monoisotopic (exact) mass is 555 g/mol. The summed E-state index contributed by atoms with van der Waals surface area (Å²) < 4.78 is 47.2. The van der Waals surface area contributed by atoms with Crippen molar-refractivity contribution in [2.45, 2.75) is 49.0 Å². The molecule has 1 fully saturated rings. The molecule has 0 amide bonds. The van der Waals surface area contributed by atoms with E-state index in [0.717, 1.165) is 16.3 Å². The van der Waals surface area contributed by atoms with E-state index < -0.39 is 10.0 Å². The smallest absolute Gasteiger partial charge is 0.298 e. The minimum Gasteiger partial charge on any atom is -0.432 e. The van der Waals surface area contributed by atoms with Crippen molar-refractivity contribution in [1.29, 1.82) is 0 Å². The van der Waals surface area contributed by atoms with Gasteiger partial charge in [0.05, 0.1) is 16.4 Å². The number of rotatable bonds is 6. The third-order valence-electron chi connectivity index (χ3n) is 6.88. The second-order valence-corrected chi connectivity index (χ2v) is 12.7. The van der Waals surface area contributed by atoms with Gasteiger partial charge in [-0.3, -0.25) is 4.90 Å². The molecular weight excluding hydrogens is 529 g/mol. The first-order valence-electron chi connectivity index (χ1n) is 12.3. The van der Waals surface area contributed by atoms with Crippen LogP contribution in [0, 0.1) is 19.7 Å². The summed E-state index contributed by atoms with van der Waals surface area (Å²) in [6.07, 6.45) is 6.33. The second-order valence-electron chi connectivity index (χ2n) is 9.40. The molecule has 38 heavy (non-hydrogen) atoms. The molecule has 3 aliphatic rings. The number of ether oxygens (including phenoxy) is 1. The third-order valence-corrected chi connectivity index (χ3v) is 10.4. The average Bonchev–Trinajstić information content (AvgIpc) is 3.59. The molecule has 10 nitrogen and oxygen atoms in total. The van der Waals surface area contributed by atoms with Crippen molar-refractivity contribution in [3.63, 3.8) is 0 Å². The molecule has 2 atom stereocenters. The number of aliphatic imine (C=N–C) groups is 1. The molecule has 1 saturated heterocycles. The van der Waals surface area contributed by atoms with E-state index in [1.807, 2.05) is 24.1 Å². The first kappa shape index (κ1) is 24.9. The lowest BCUT2D eigenvalue weighted by Gasteiger charge is -2.31. The van der Waals surface area contributed by atoms with E-state index in [1.54, 1.807) is 31.5 Å². The Balaban J connectivity index is 1.16. The molecular formula is C25H26FN7O3S2. The Bertz CT molecular complexity index is 1520. The molecule has 1 aromatic carbocycles. The zero-order valence-corrected chi connectivity index (χ0v) is 22.4. The van der Waals surface area contributed by atoms with Gasteiger partial charge in [-0.25, -0.2) is 32.8 Å². The quantitative estimate of drug-likeness (QED) is 0.487. The Morgan fingerprint density at radius 1 is 1.11 bits per heavy atom. The van der Waals surface area contributed by atoms with Crippen LogP contribution in [0.3, 0.4) is 0 Å². The van der Waals surface area contributed by atoms with Crippen molar-refractivity contribution < 1.29 is 17.5 Å². The van der Waals surface area contributed by atoms with E-state index in [-0.39, 0.29) is 23.9 Å². The molecule has 198 valence electrons. The summed E-state index contributed by atoms with van der Waals surface area (Å²) in [7, 11) is -3.56. The van der Waals surface area contributed by atoms with Crippen LogP contribution in [0.25, 0.3) is 0 Å². The van der Waals surface area contributed by atoms with Crippen molar-refractivity contribution in [3.8, 4) is 0 Å². The van der Waals surface area contributed by atoms with Crippen LogP contribution in [0.2, 0.25) is 0 Å². The van der Waals surface area contributed by atoms with Crippen molar-refractivity contribution in [1.82, 2.24) is 24.2 Å².